The van der Waals surface area contributed by atoms with Crippen molar-refractivity contribution in [3.63, 3.8) is 0 Å². The van der Waals surface area contributed by atoms with Crippen LogP contribution in [0.2, 0.25) is 0 Å². The summed E-state index contributed by atoms with van der Waals surface area (Å²) in [5.74, 6) is 0. The van der Waals surface area contributed by atoms with Gasteiger partial charge in [-0.15, -0.1) is 0 Å². The second-order valence-electron chi connectivity index (χ2n) is 5.96. The lowest BCUT2D eigenvalue weighted by Crippen LogP contribution is -2.45. The highest BCUT2D eigenvalue weighted by Gasteiger charge is 2.39. The normalized spacial score (nSPS) is 11.2. The maximum atomic E-state index is 4.72. The molecule has 0 atom stereocenters. The van der Waals surface area contributed by atoms with Gasteiger partial charge in [-0.25, -0.2) is 15.3 Å². The van der Waals surface area contributed by atoms with Crippen LogP contribution < -0.4 is 0 Å². The zero-order valence-electron chi connectivity index (χ0n) is 14.0. The van der Waals surface area contributed by atoms with Crippen molar-refractivity contribution in [3.8, 4) is 0 Å². The Bertz CT molecular complexity index is 715. The Morgan fingerprint density at radius 1 is 0.591 bits per heavy atom. The molecule has 3 heterocycles. The molecule has 0 bridgehead atoms. The van der Waals surface area contributed by atoms with Crippen molar-refractivity contribution >= 4 is 14.8 Å². The molecule has 0 aliphatic heterocycles. The van der Waals surface area contributed by atoms with Crippen molar-refractivity contribution < 1.29 is 0 Å². The molecule has 0 aliphatic rings. The van der Waals surface area contributed by atoms with Crippen LogP contribution in [0, 0.1) is 41.5 Å². The fourth-order valence-corrected chi connectivity index (χ4v) is 5.74. The van der Waals surface area contributed by atoms with E-state index in [1.165, 1.54) is 0 Å². The molecule has 0 aromatic carbocycles. The Morgan fingerprint density at radius 2 is 0.864 bits per heavy atom. The number of aromatic nitrogens is 6. The zero-order chi connectivity index (χ0) is 16.0. The van der Waals surface area contributed by atoms with Gasteiger partial charge >= 0.3 is 14.8 Å². The Morgan fingerprint density at radius 3 is 1.05 bits per heavy atom. The van der Waals surface area contributed by atoms with E-state index in [9.17, 15) is 0 Å². The van der Waals surface area contributed by atoms with Crippen LogP contribution in [-0.2, 0) is 0 Å². The van der Waals surface area contributed by atoms with Gasteiger partial charge in [0.25, 0.3) is 0 Å². The zero-order valence-corrected chi connectivity index (χ0v) is 15.1. The smallest absolute Gasteiger partial charge is 0.316 e. The molecule has 0 radical (unpaired) electrons. The lowest BCUT2D eigenvalue weighted by Gasteiger charge is -2.16. The third-order valence-electron chi connectivity index (χ3n) is 3.79. The fourth-order valence-electron chi connectivity index (χ4n) is 2.95. The summed E-state index contributed by atoms with van der Waals surface area (Å²) < 4.78 is 6.36. The minimum absolute atomic E-state index is 1.03. The van der Waals surface area contributed by atoms with E-state index in [0.29, 0.717) is 0 Å². The molecule has 3 aromatic rings. The monoisotopic (exact) mass is 312 g/mol. The second kappa shape index (κ2) is 5.42. The average molecular weight is 312 g/mol. The topological polar surface area (TPSA) is 53.5 Å². The van der Waals surface area contributed by atoms with Crippen molar-refractivity contribution in [2.45, 2.75) is 41.5 Å². The molecule has 114 valence electrons. The minimum Gasteiger partial charge on any atom is -0.316 e. The first-order valence-electron chi connectivity index (χ1n) is 7.45. The molecule has 0 aliphatic carbocycles. The van der Waals surface area contributed by atoms with Gasteiger partial charge in [-0.05, 0) is 59.7 Å². The van der Waals surface area contributed by atoms with Gasteiger partial charge in [0.05, 0.1) is 17.1 Å². The SMILES string of the molecule is Cc1cc(C)[n]([Al]([n]2nc(C)cc2C)[n]2nc(C)cc2C)n1. The summed E-state index contributed by atoms with van der Waals surface area (Å²) in [7, 11) is 0. The summed E-state index contributed by atoms with van der Waals surface area (Å²) in [5, 5.41) is 14.2. The van der Waals surface area contributed by atoms with E-state index in [1.54, 1.807) is 0 Å². The minimum atomic E-state index is -1.95. The van der Waals surface area contributed by atoms with Crippen LogP contribution in [-0.4, -0.2) is 41.1 Å². The van der Waals surface area contributed by atoms with E-state index in [0.717, 1.165) is 34.2 Å². The highest BCUT2D eigenvalue weighted by Crippen LogP contribution is 2.12. The molecule has 3 rings (SSSR count). The third kappa shape index (κ3) is 2.51. The predicted molar refractivity (Wildman–Crippen MR) is 87.1 cm³/mol. The van der Waals surface area contributed by atoms with Gasteiger partial charge in [-0.1, -0.05) is 0 Å². The molecule has 7 heteroatoms. The van der Waals surface area contributed by atoms with Crippen LogP contribution in [0.3, 0.4) is 0 Å². The van der Waals surface area contributed by atoms with Crippen molar-refractivity contribution in [1.82, 2.24) is 26.3 Å². The van der Waals surface area contributed by atoms with Gasteiger partial charge in [0, 0.05) is 17.1 Å². The molecule has 0 saturated heterocycles. The van der Waals surface area contributed by atoms with Crippen LogP contribution in [0.15, 0.2) is 18.2 Å². The lowest BCUT2D eigenvalue weighted by molar-refractivity contribution is 0.730. The summed E-state index contributed by atoms with van der Waals surface area (Å²) in [6.45, 7) is 12.4. The number of hydrogen-bond donors (Lipinski definition) is 0. The number of aryl methyl sites for hydroxylation is 6. The summed E-state index contributed by atoms with van der Waals surface area (Å²) in [6.07, 6.45) is 0. The van der Waals surface area contributed by atoms with Crippen molar-refractivity contribution in [2.75, 3.05) is 0 Å². The van der Waals surface area contributed by atoms with Crippen molar-refractivity contribution in [1.29, 1.82) is 0 Å². The Hall–Kier alpha value is -1.84. The summed E-state index contributed by atoms with van der Waals surface area (Å²) in [4.78, 5) is 0. The molecular weight excluding hydrogens is 291 g/mol. The molecule has 0 spiro atoms. The molecule has 6 nitrogen and oxygen atoms in total. The van der Waals surface area contributed by atoms with Crippen LogP contribution in [0.25, 0.3) is 0 Å². The second-order valence-corrected chi connectivity index (χ2v) is 8.12. The Kier molecular flexibility index (Phi) is 3.71. The van der Waals surface area contributed by atoms with Crippen LogP contribution in [0.5, 0.6) is 0 Å². The highest BCUT2D eigenvalue weighted by atomic mass is 27.2. The first-order chi connectivity index (χ1) is 10.4. The Labute approximate surface area is 135 Å². The van der Waals surface area contributed by atoms with Gasteiger partial charge in [-0.3, -0.25) is 0 Å². The number of rotatable bonds is 3. The highest BCUT2D eigenvalue weighted by molar-refractivity contribution is 6.53. The Balaban J connectivity index is 2.25. The summed E-state index contributed by atoms with van der Waals surface area (Å²) in [5.41, 5.74) is 6.52. The van der Waals surface area contributed by atoms with E-state index in [4.69, 9.17) is 15.3 Å². The third-order valence-corrected chi connectivity index (χ3v) is 6.67. The van der Waals surface area contributed by atoms with E-state index in [2.05, 4.69) is 50.0 Å². The van der Waals surface area contributed by atoms with Gasteiger partial charge in [0.15, 0.2) is 0 Å². The first-order valence-corrected chi connectivity index (χ1v) is 9.00. The fraction of sp³-hybridized carbons (Fsp3) is 0.400. The molecule has 0 saturated carbocycles. The maximum Gasteiger partial charge on any atom is 0.809 e. The van der Waals surface area contributed by atoms with E-state index >= 15 is 0 Å². The molecule has 0 N–H and O–H groups in total. The largest absolute Gasteiger partial charge is 0.809 e. The molecule has 0 fully saturated rings. The first kappa shape index (κ1) is 15.1. The van der Waals surface area contributed by atoms with Crippen LogP contribution in [0.4, 0.5) is 0 Å². The molecule has 0 unspecified atom stereocenters. The quantitative estimate of drug-likeness (QED) is 0.696. The van der Waals surface area contributed by atoms with Crippen molar-refractivity contribution in [3.05, 3.63) is 52.4 Å². The standard InChI is InChI=1S/3C5H7N2.Al/c3*1-4-3-5(2)7-6-4;/h3*3H,1-2H3;/q3*-1;+3. The summed E-state index contributed by atoms with van der Waals surface area (Å²) >= 11 is -1.95. The number of nitrogens with zero attached hydrogens (tertiary/aromatic N) is 6. The van der Waals surface area contributed by atoms with Crippen LogP contribution in [0.1, 0.15) is 34.2 Å². The van der Waals surface area contributed by atoms with Gasteiger partial charge in [0.2, 0.25) is 0 Å². The van der Waals surface area contributed by atoms with Crippen molar-refractivity contribution in [2.24, 2.45) is 0 Å². The average Bonchev–Trinajstić information content (AvgIpc) is 3.02. The van der Waals surface area contributed by atoms with Crippen LogP contribution >= 0.6 is 0 Å². The van der Waals surface area contributed by atoms with Gasteiger partial charge in [-0.2, -0.15) is 0 Å². The molecular formula is C15H21AlN6. The number of hydrogen-bond acceptors (Lipinski definition) is 3. The lowest BCUT2D eigenvalue weighted by atomic mass is 10.4. The molecule has 3 aromatic heterocycles. The molecule has 22 heavy (non-hydrogen) atoms. The van der Waals surface area contributed by atoms with Gasteiger partial charge < -0.3 is 11.0 Å². The maximum absolute atomic E-state index is 4.72. The predicted octanol–water partition coefficient (Wildman–Crippen LogP) is 2.06. The van der Waals surface area contributed by atoms with E-state index < -0.39 is 14.8 Å². The van der Waals surface area contributed by atoms with E-state index in [-0.39, 0.29) is 0 Å². The molecule has 0 amide bonds. The van der Waals surface area contributed by atoms with Gasteiger partial charge in [0.1, 0.15) is 0 Å². The van der Waals surface area contributed by atoms with E-state index in [1.807, 2.05) is 20.8 Å². The summed E-state index contributed by atoms with van der Waals surface area (Å²) in [6, 6.07) is 6.33.